The van der Waals surface area contributed by atoms with Crippen LogP contribution in [-0.4, -0.2) is 38.2 Å². The molecule has 0 N–H and O–H groups in total. The number of methoxy groups -OCH3 is 2. The first-order chi connectivity index (χ1) is 15.6. The third-order valence-corrected chi connectivity index (χ3v) is 5.93. The molecule has 3 aromatic rings. The van der Waals surface area contributed by atoms with E-state index >= 15 is 0 Å². The van der Waals surface area contributed by atoms with Gasteiger partial charge in [-0.05, 0) is 52.9 Å². The summed E-state index contributed by atoms with van der Waals surface area (Å²) in [6.07, 6.45) is 0.719. The number of amides is 1. The summed E-state index contributed by atoms with van der Waals surface area (Å²) in [6.45, 7) is 0.978. The van der Waals surface area contributed by atoms with Crippen molar-refractivity contribution in [3.8, 4) is 11.5 Å². The van der Waals surface area contributed by atoms with E-state index in [4.69, 9.17) is 25.8 Å². The number of benzene rings is 3. The number of hydrogen-bond acceptors (Lipinski definition) is 4. The first kappa shape index (κ1) is 22.2. The second-order valence-electron chi connectivity index (χ2n) is 7.68. The lowest BCUT2D eigenvalue weighted by Gasteiger charge is -2.38. The monoisotopic (exact) mass is 451 g/mol. The normalized spacial score (nSPS) is 15.2. The third-order valence-electron chi connectivity index (χ3n) is 5.70. The van der Waals surface area contributed by atoms with Gasteiger partial charge >= 0.3 is 0 Å². The fourth-order valence-electron chi connectivity index (χ4n) is 4.16. The van der Waals surface area contributed by atoms with Gasteiger partial charge in [0, 0.05) is 11.6 Å². The van der Waals surface area contributed by atoms with Gasteiger partial charge in [0.15, 0.2) is 11.5 Å². The minimum absolute atomic E-state index is 0.00851. The fraction of sp³-hybridized carbons (Fsp3) is 0.269. The molecule has 0 bridgehead atoms. The lowest BCUT2D eigenvalue weighted by atomic mass is 9.87. The largest absolute Gasteiger partial charge is 0.493 e. The summed E-state index contributed by atoms with van der Waals surface area (Å²) in [6, 6.07) is 21.1. The van der Waals surface area contributed by atoms with Gasteiger partial charge in [0.2, 0.25) is 5.91 Å². The summed E-state index contributed by atoms with van der Waals surface area (Å²) >= 11 is 6.30. The third kappa shape index (κ3) is 4.74. The van der Waals surface area contributed by atoms with Crippen LogP contribution in [0.5, 0.6) is 11.5 Å². The van der Waals surface area contributed by atoms with Crippen molar-refractivity contribution in [3.05, 3.63) is 94.0 Å². The zero-order valence-electron chi connectivity index (χ0n) is 18.2. The molecule has 0 aliphatic carbocycles. The van der Waals surface area contributed by atoms with Gasteiger partial charge in [-0.2, -0.15) is 0 Å². The van der Waals surface area contributed by atoms with Crippen LogP contribution in [0.25, 0.3) is 0 Å². The van der Waals surface area contributed by atoms with Gasteiger partial charge in [-0.25, -0.2) is 0 Å². The van der Waals surface area contributed by atoms with E-state index in [1.807, 2.05) is 71.6 Å². The molecule has 4 rings (SSSR count). The maximum absolute atomic E-state index is 13.3. The van der Waals surface area contributed by atoms with Crippen LogP contribution in [0.4, 0.5) is 0 Å². The second kappa shape index (κ2) is 10.1. The molecule has 1 aliphatic rings. The average Bonchev–Trinajstić information content (AvgIpc) is 2.82. The van der Waals surface area contributed by atoms with Crippen LogP contribution in [-0.2, 0) is 22.6 Å². The Kier molecular flexibility index (Phi) is 6.98. The van der Waals surface area contributed by atoms with E-state index in [9.17, 15) is 4.79 Å². The lowest BCUT2D eigenvalue weighted by Crippen LogP contribution is -2.42. The van der Waals surface area contributed by atoms with Crippen molar-refractivity contribution >= 4 is 17.5 Å². The number of carbonyl (C=O) groups is 1. The Bertz CT molecular complexity index is 1090. The summed E-state index contributed by atoms with van der Waals surface area (Å²) < 4.78 is 16.8. The van der Waals surface area contributed by atoms with Gasteiger partial charge in [0.25, 0.3) is 0 Å². The van der Waals surface area contributed by atoms with Gasteiger partial charge in [-0.15, -0.1) is 0 Å². The Labute approximate surface area is 193 Å². The maximum atomic E-state index is 13.3. The first-order valence-electron chi connectivity index (χ1n) is 10.5. The van der Waals surface area contributed by atoms with Crippen molar-refractivity contribution in [2.75, 3.05) is 27.4 Å². The molecule has 0 aromatic heterocycles. The molecule has 32 heavy (non-hydrogen) atoms. The van der Waals surface area contributed by atoms with Crippen molar-refractivity contribution in [2.45, 2.75) is 19.1 Å². The van der Waals surface area contributed by atoms with Crippen LogP contribution in [0.3, 0.4) is 0 Å². The highest BCUT2D eigenvalue weighted by Crippen LogP contribution is 2.41. The summed E-state index contributed by atoms with van der Waals surface area (Å²) in [7, 11) is 3.24. The zero-order valence-corrected chi connectivity index (χ0v) is 19.0. The summed E-state index contributed by atoms with van der Waals surface area (Å²) in [4.78, 5) is 15.1. The maximum Gasteiger partial charge on any atom is 0.249 e. The molecule has 1 unspecified atom stereocenters. The highest BCUT2D eigenvalue weighted by molar-refractivity contribution is 6.30. The van der Waals surface area contributed by atoms with Gasteiger partial charge in [0.05, 0.1) is 26.9 Å². The molecular formula is C26H26ClNO4. The van der Waals surface area contributed by atoms with E-state index in [1.165, 1.54) is 0 Å². The van der Waals surface area contributed by atoms with Crippen LogP contribution in [0.2, 0.25) is 5.02 Å². The molecule has 1 aliphatic heterocycles. The van der Waals surface area contributed by atoms with Gasteiger partial charge in [0.1, 0.15) is 6.61 Å². The number of carbonyl (C=O) groups excluding carboxylic acids is 1. The van der Waals surface area contributed by atoms with Crippen molar-refractivity contribution in [3.63, 3.8) is 0 Å². The molecule has 6 heteroatoms. The molecule has 3 aromatic carbocycles. The predicted molar refractivity (Wildman–Crippen MR) is 124 cm³/mol. The molecule has 1 heterocycles. The van der Waals surface area contributed by atoms with E-state index in [2.05, 4.69) is 0 Å². The number of rotatable bonds is 7. The van der Waals surface area contributed by atoms with Crippen LogP contribution in [0.1, 0.15) is 28.3 Å². The average molecular weight is 452 g/mol. The molecule has 1 atom stereocenters. The molecule has 5 nitrogen and oxygen atoms in total. The number of hydrogen-bond donors (Lipinski definition) is 0. The molecule has 1 amide bonds. The fourth-order valence-corrected chi connectivity index (χ4v) is 4.36. The van der Waals surface area contributed by atoms with E-state index in [-0.39, 0.29) is 18.6 Å². The van der Waals surface area contributed by atoms with Crippen molar-refractivity contribution < 1.29 is 19.0 Å². The Morgan fingerprint density at radius 2 is 1.75 bits per heavy atom. The molecule has 166 valence electrons. The van der Waals surface area contributed by atoms with Crippen LogP contribution < -0.4 is 9.47 Å². The summed E-state index contributed by atoms with van der Waals surface area (Å²) in [5.74, 6) is 1.25. The Morgan fingerprint density at radius 1 is 1.00 bits per heavy atom. The zero-order chi connectivity index (χ0) is 22.5. The van der Waals surface area contributed by atoms with E-state index in [0.717, 1.165) is 28.7 Å². The van der Waals surface area contributed by atoms with Crippen LogP contribution in [0.15, 0.2) is 66.7 Å². The van der Waals surface area contributed by atoms with Crippen LogP contribution >= 0.6 is 11.6 Å². The van der Waals surface area contributed by atoms with Crippen LogP contribution in [0, 0.1) is 0 Å². The molecule has 0 spiro atoms. The van der Waals surface area contributed by atoms with Gasteiger partial charge in [-0.3, -0.25) is 4.79 Å². The smallest absolute Gasteiger partial charge is 0.249 e. The first-order valence-corrected chi connectivity index (χ1v) is 10.9. The summed E-state index contributed by atoms with van der Waals surface area (Å²) in [5, 5.41) is 0.628. The highest BCUT2D eigenvalue weighted by Gasteiger charge is 2.33. The molecule has 0 saturated carbocycles. The van der Waals surface area contributed by atoms with Gasteiger partial charge < -0.3 is 19.1 Å². The lowest BCUT2D eigenvalue weighted by molar-refractivity contribution is -0.138. The number of fused-ring (bicyclic) bond motifs is 1. The Hall–Kier alpha value is -3.02. The Morgan fingerprint density at radius 3 is 2.47 bits per heavy atom. The Balaban J connectivity index is 1.63. The van der Waals surface area contributed by atoms with Crippen molar-refractivity contribution in [1.29, 1.82) is 0 Å². The van der Waals surface area contributed by atoms with E-state index in [0.29, 0.717) is 29.7 Å². The highest BCUT2D eigenvalue weighted by atomic mass is 35.5. The van der Waals surface area contributed by atoms with E-state index in [1.54, 1.807) is 14.2 Å². The number of nitrogens with zero attached hydrogens (tertiary/aromatic N) is 1. The predicted octanol–water partition coefficient (Wildman–Crippen LogP) is 5.05. The SMILES string of the molecule is COc1cc2c(cc1OC)C(c1cccc(Cl)c1)N(C(=O)COCc1ccccc1)CC2. The number of ether oxygens (including phenoxy) is 3. The van der Waals surface area contributed by atoms with Crippen molar-refractivity contribution in [2.24, 2.45) is 0 Å². The van der Waals surface area contributed by atoms with Crippen molar-refractivity contribution in [1.82, 2.24) is 4.90 Å². The summed E-state index contributed by atoms with van der Waals surface area (Å²) in [5.41, 5.74) is 4.11. The quantitative estimate of drug-likeness (QED) is 0.504. The molecule has 0 radical (unpaired) electrons. The van der Waals surface area contributed by atoms with Gasteiger partial charge in [-0.1, -0.05) is 54.1 Å². The topological polar surface area (TPSA) is 48.0 Å². The van der Waals surface area contributed by atoms with E-state index < -0.39 is 0 Å². The second-order valence-corrected chi connectivity index (χ2v) is 8.12. The standard InChI is InChI=1S/C26H26ClNO4/c1-30-23-14-19-11-12-28(25(29)17-32-16-18-7-4-3-5-8-18)26(22(19)15-24(23)31-2)20-9-6-10-21(27)13-20/h3-10,13-15,26H,11-12,16-17H2,1-2H3. The molecule has 0 saturated heterocycles. The minimum Gasteiger partial charge on any atom is -0.493 e. The minimum atomic E-state index is -0.287. The number of halogens is 1. The molecular weight excluding hydrogens is 426 g/mol. The molecule has 0 fully saturated rings.